The van der Waals surface area contributed by atoms with E-state index in [0.29, 0.717) is 15.2 Å². The van der Waals surface area contributed by atoms with Crippen LogP contribution >= 0.6 is 8.58 Å². The van der Waals surface area contributed by atoms with Gasteiger partial charge in [-0.3, -0.25) is 4.79 Å². The Bertz CT molecular complexity index is 891. The summed E-state index contributed by atoms with van der Waals surface area (Å²) in [6, 6.07) is 21.8. The zero-order valence-electron chi connectivity index (χ0n) is 14.9. The second kappa shape index (κ2) is 8.64. The second-order valence-corrected chi connectivity index (χ2v) is 7.30. The van der Waals surface area contributed by atoms with Crippen LogP contribution < -0.4 is 20.1 Å². The lowest BCUT2D eigenvalue weighted by molar-refractivity contribution is 0.112. The molecular formula is C22H21O3P. The average Bonchev–Trinajstić information content (AvgIpc) is 2.69. The molecule has 26 heavy (non-hydrogen) atoms. The van der Waals surface area contributed by atoms with Crippen LogP contribution in [0.5, 0.6) is 11.5 Å². The van der Waals surface area contributed by atoms with Gasteiger partial charge >= 0.3 is 0 Å². The highest BCUT2D eigenvalue weighted by atomic mass is 31.1. The van der Waals surface area contributed by atoms with E-state index in [-0.39, 0.29) is 0 Å². The first kappa shape index (κ1) is 18.2. The van der Waals surface area contributed by atoms with Gasteiger partial charge in [-0.05, 0) is 42.1 Å². The molecule has 3 aromatic carbocycles. The number of methoxy groups -OCH3 is 1. The molecule has 3 aromatic rings. The van der Waals surface area contributed by atoms with Gasteiger partial charge in [0.2, 0.25) is 0 Å². The van der Waals surface area contributed by atoms with Gasteiger partial charge < -0.3 is 9.47 Å². The number of hydrogen-bond acceptors (Lipinski definition) is 3. The summed E-state index contributed by atoms with van der Waals surface area (Å²) in [5.41, 5.74) is 2.91. The van der Waals surface area contributed by atoms with Crippen LogP contribution in [0.3, 0.4) is 0 Å². The first-order valence-corrected chi connectivity index (χ1v) is 9.37. The quantitative estimate of drug-likeness (QED) is 0.469. The van der Waals surface area contributed by atoms with Crippen LogP contribution in [0.4, 0.5) is 0 Å². The fourth-order valence-electron chi connectivity index (χ4n) is 2.63. The normalized spacial score (nSPS) is 10.8. The maximum Gasteiger partial charge on any atom is 0.150 e. The van der Waals surface area contributed by atoms with Crippen molar-refractivity contribution in [2.75, 3.05) is 7.11 Å². The predicted molar refractivity (Wildman–Crippen MR) is 108 cm³/mol. The molecule has 3 nitrogen and oxygen atoms in total. The van der Waals surface area contributed by atoms with E-state index < -0.39 is 0 Å². The second-order valence-electron chi connectivity index (χ2n) is 5.97. The van der Waals surface area contributed by atoms with Crippen molar-refractivity contribution in [2.45, 2.75) is 13.5 Å². The maximum absolute atomic E-state index is 11.4. The van der Waals surface area contributed by atoms with Gasteiger partial charge in [0.15, 0.2) is 6.29 Å². The molecule has 0 aromatic heterocycles. The minimum atomic E-state index is 0.308. The molecule has 0 N–H and O–H groups in total. The van der Waals surface area contributed by atoms with Gasteiger partial charge in [-0.2, -0.15) is 0 Å². The summed E-state index contributed by atoms with van der Waals surface area (Å²) in [4.78, 5) is 11.4. The number of ether oxygens (including phenoxy) is 2. The Morgan fingerprint density at radius 1 is 0.962 bits per heavy atom. The predicted octanol–water partition coefficient (Wildman–Crippen LogP) is 4.02. The summed E-state index contributed by atoms with van der Waals surface area (Å²) in [7, 11) is 1.96. The van der Waals surface area contributed by atoms with E-state index in [1.807, 2.05) is 73.7 Å². The Balaban J connectivity index is 1.88. The minimum Gasteiger partial charge on any atom is -0.497 e. The molecule has 0 bridgehead atoms. The zero-order valence-corrected chi connectivity index (χ0v) is 15.9. The van der Waals surface area contributed by atoms with Crippen molar-refractivity contribution in [2.24, 2.45) is 0 Å². The molecule has 0 aliphatic carbocycles. The average molecular weight is 364 g/mol. The monoisotopic (exact) mass is 364 g/mol. The van der Waals surface area contributed by atoms with Crippen molar-refractivity contribution in [3.63, 3.8) is 0 Å². The third-order valence-corrected chi connectivity index (χ3v) is 5.41. The van der Waals surface area contributed by atoms with Gasteiger partial charge in [0.25, 0.3) is 0 Å². The smallest absolute Gasteiger partial charge is 0.150 e. The lowest BCUT2D eigenvalue weighted by Crippen LogP contribution is -2.12. The van der Waals surface area contributed by atoms with Crippen LogP contribution in [0.25, 0.3) is 0 Å². The fourth-order valence-corrected chi connectivity index (χ4v) is 3.86. The standard InChI is InChI=1S/C22H21O3P/c1-16-8-11-21(18(12-16)14-23)26-22-13-19(24-2)9-10-20(22)25-15-17-6-4-3-5-7-17/h3-14,26H,15H2,1-2H3. The molecule has 132 valence electrons. The molecule has 0 spiro atoms. The van der Waals surface area contributed by atoms with E-state index in [4.69, 9.17) is 9.47 Å². The highest BCUT2D eigenvalue weighted by molar-refractivity contribution is 7.56. The molecule has 0 aliphatic rings. The highest BCUT2D eigenvalue weighted by Gasteiger charge is 2.10. The molecule has 0 aliphatic heterocycles. The Morgan fingerprint density at radius 2 is 1.77 bits per heavy atom. The van der Waals surface area contributed by atoms with Crippen LogP contribution in [-0.2, 0) is 6.61 Å². The molecule has 0 saturated heterocycles. The van der Waals surface area contributed by atoms with Crippen molar-refractivity contribution in [3.8, 4) is 11.5 Å². The van der Waals surface area contributed by atoms with E-state index in [1.54, 1.807) is 7.11 Å². The van der Waals surface area contributed by atoms with Crippen molar-refractivity contribution in [3.05, 3.63) is 83.4 Å². The number of rotatable bonds is 7. The number of benzene rings is 3. The third kappa shape index (κ3) is 4.50. The van der Waals surface area contributed by atoms with Gasteiger partial charge in [0, 0.05) is 10.9 Å². The van der Waals surface area contributed by atoms with Crippen LogP contribution in [0.15, 0.2) is 66.7 Å². The van der Waals surface area contributed by atoms with Crippen LogP contribution in [0.2, 0.25) is 0 Å². The molecule has 0 radical (unpaired) electrons. The van der Waals surface area contributed by atoms with Crippen LogP contribution in [0, 0.1) is 6.92 Å². The van der Waals surface area contributed by atoms with E-state index in [1.165, 1.54) is 0 Å². The number of carbonyl (C=O) groups excluding carboxylic acids is 1. The fraction of sp³-hybridized carbons (Fsp3) is 0.136. The molecular weight excluding hydrogens is 343 g/mol. The first-order valence-electron chi connectivity index (χ1n) is 8.37. The van der Waals surface area contributed by atoms with Crippen molar-refractivity contribution < 1.29 is 14.3 Å². The molecule has 0 fully saturated rings. The van der Waals surface area contributed by atoms with Crippen LogP contribution in [0.1, 0.15) is 21.5 Å². The van der Waals surface area contributed by atoms with E-state index in [9.17, 15) is 4.79 Å². The summed E-state index contributed by atoms with van der Waals surface area (Å²) < 4.78 is 11.4. The molecule has 1 atom stereocenters. The lowest BCUT2D eigenvalue weighted by Gasteiger charge is -2.14. The topological polar surface area (TPSA) is 35.5 Å². The Kier molecular flexibility index (Phi) is 6.04. The Labute approximate surface area is 155 Å². The molecule has 4 heteroatoms. The Hall–Kier alpha value is -2.64. The highest BCUT2D eigenvalue weighted by Crippen LogP contribution is 2.25. The zero-order chi connectivity index (χ0) is 18.4. The Morgan fingerprint density at radius 3 is 2.50 bits per heavy atom. The van der Waals surface area contributed by atoms with Crippen LogP contribution in [-0.4, -0.2) is 13.4 Å². The van der Waals surface area contributed by atoms with Crippen molar-refractivity contribution in [1.82, 2.24) is 0 Å². The van der Waals surface area contributed by atoms with Gasteiger partial charge in [-0.1, -0.05) is 56.6 Å². The van der Waals surface area contributed by atoms with E-state index in [2.05, 4.69) is 0 Å². The summed E-state index contributed by atoms with van der Waals surface area (Å²) in [6.07, 6.45) is 0.917. The number of aldehydes is 1. The largest absolute Gasteiger partial charge is 0.497 e. The maximum atomic E-state index is 11.4. The molecule has 0 heterocycles. The van der Waals surface area contributed by atoms with E-state index >= 15 is 0 Å². The first-order chi connectivity index (χ1) is 12.7. The molecule has 0 amide bonds. The van der Waals surface area contributed by atoms with Gasteiger partial charge in [-0.25, -0.2) is 0 Å². The van der Waals surface area contributed by atoms with Crippen molar-refractivity contribution >= 4 is 25.5 Å². The SMILES string of the molecule is COc1ccc(OCc2ccccc2)c(Pc2ccc(C)cc2C=O)c1. The summed E-state index contributed by atoms with van der Waals surface area (Å²) in [6.45, 7) is 2.49. The lowest BCUT2D eigenvalue weighted by atomic mass is 10.2. The summed E-state index contributed by atoms with van der Waals surface area (Å²) >= 11 is 0. The number of hydrogen-bond donors (Lipinski definition) is 0. The molecule has 3 rings (SSSR count). The van der Waals surface area contributed by atoms with E-state index in [0.717, 1.165) is 45.1 Å². The summed E-state index contributed by atoms with van der Waals surface area (Å²) in [5, 5.41) is 2.02. The number of carbonyl (C=O) groups is 1. The number of aryl methyl sites for hydroxylation is 1. The molecule has 0 saturated carbocycles. The summed E-state index contributed by atoms with van der Waals surface area (Å²) in [5.74, 6) is 1.59. The minimum absolute atomic E-state index is 0.308. The van der Waals surface area contributed by atoms with Gasteiger partial charge in [0.1, 0.15) is 18.1 Å². The third-order valence-electron chi connectivity index (χ3n) is 4.03. The van der Waals surface area contributed by atoms with Gasteiger partial charge in [0.05, 0.1) is 7.11 Å². The van der Waals surface area contributed by atoms with Gasteiger partial charge in [-0.15, -0.1) is 0 Å². The van der Waals surface area contributed by atoms with Crippen molar-refractivity contribution in [1.29, 1.82) is 0 Å². The molecule has 1 unspecified atom stereocenters.